The number of alkyl halides is 2. The van der Waals surface area contributed by atoms with Crippen molar-refractivity contribution in [2.24, 2.45) is 0 Å². The number of hydrogen-bond donors (Lipinski definition) is 1. The molecule has 0 saturated carbocycles. The Morgan fingerprint density at radius 2 is 1.96 bits per heavy atom. The third kappa shape index (κ3) is 5.59. The lowest BCUT2D eigenvalue weighted by Gasteiger charge is -2.39. The molecule has 1 saturated heterocycles. The van der Waals surface area contributed by atoms with E-state index >= 15 is 0 Å². The molecule has 2 rings (SSSR count). The molecule has 1 aromatic carbocycles. The summed E-state index contributed by atoms with van der Waals surface area (Å²) in [6.45, 7) is 5.70. The molecule has 9 heteroatoms. The zero-order valence-electron chi connectivity index (χ0n) is 15.6. The van der Waals surface area contributed by atoms with E-state index in [-0.39, 0.29) is 38.0 Å². The van der Waals surface area contributed by atoms with E-state index in [0.717, 1.165) is 6.07 Å². The summed E-state index contributed by atoms with van der Waals surface area (Å²) in [7, 11) is 0. The van der Waals surface area contributed by atoms with E-state index < -0.39 is 39.8 Å². The van der Waals surface area contributed by atoms with Crippen molar-refractivity contribution in [2.75, 3.05) is 18.0 Å². The Hall–Kier alpha value is -2.29. The highest BCUT2D eigenvalue weighted by molar-refractivity contribution is 5.71. The van der Waals surface area contributed by atoms with Gasteiger partial charge in [0.2, 0.25) is 0 Å². The van der Waals surface area contributed by atoms with E-state index in [1.54, 1.807) is 25.7 Å². The van der Waals surface area contributed by atoms with Crippen molar-refractivity contribution in [3.8, 4) is 0 Å². The lowest BCUT2D eigenvalue weighted by molar-refractivity contribution is -0.385. The Bertz CT molecular complexity index is 710. The van der Waals surface area contributed by atoms with Crippen LogP contribution in [-0.4, -0.2) is 40.3 Å². The van der Waals surface area contributed by atoms with Crippen LogP contribution in [0.25, 0.3) is 0 Å². The number of rotatable bonds is 5. The Morgan fingerprint density at radius 3 is 2.44 bits per heavy atom. The summed E-state index contributed by atoms with van der Waals surface area (Å²) in [6.07, 6.45) is -2.62. The summed E-state index contributed by atoms with van der Waals surface area (Å²) >= 11 is 0. The molecule has 150 valence electrons. The second-order valence-electron chi connectivity index (χ2n) is 7.78. The first kappa shape index (κ1) is 21.0. The maximum absolute atomic E-state index is 13.3. The molecule has 0 unspecified atom stereocenters. The summed E-state index contributed by atoms with van der Waals surface area (Å²) in [5.41, 5.74) is -2.52. The fourth-order valence-corrected chi connectivity index (χ4v) is 3.11. The molecule has 0 bridgehead atoms. The highest BCUT2D eigenvalue weighted by atomic mass is 19.3. The molecule has 0 amide bonds. The summed E-state index contributed by atoms with van der Waals surface area (Å²) < 4.78 is 31.9. The smallest absolute Gasteiger partial charge is 0.309 e. The lowest BCUT2D eigenvalue weighted by atomic mass is 9.87. The number of hydrogen-bond acceptors (Lipinski definition) is 6. The molecule has 0 atom stereocenters. The second-order valence-corrected chi connectivity index (χ2v) is 7.78. The lowest BCUT2D eigenvalue weighted by Crippen LogP contribution is -2.46. The Balaban J connectivity index is 2.09. The van der Waals surface area contributed by atoms with Gasteiger partial charge in [0.05, 0.1) is 16.9 Å². The number of halogens is 2. The van der Waals surface area contributed by atoms with Gasteiger partial charge in [-0.25, -0.2) is 8.78 Å². The van der Waals surface area contributed by atoms with Crippen LogP contribution in [0.3, 0.4) is 0 Å². The van der Waals surface area contributed by atoms with E-state index in [2.05, 4.69) is 0 Å². The molecule has 1 aliphatic heterocycles. The normalized spacial score (nSPS) is 17.1. The minimum absolute atomic E-state index is 0.167. The van der Waals surface area contributed by atoms with Gasteiger partial charge in [0.25, 0.3) is 12.1 Å². The second kappa shape index (κ2) is 7.75. The van der Waals surface area contributed by atoms with Crippen LogP contribution in [-0.2, 0) is 9.53 Å². The topological polar surface area (TPSA) is 92.9 Å². The molecule has 0 aliphatic carbocycles. The number of piperidine rings is 1. The quantitative estimate of drug-likeness (QED) is 0.472. The number of carbonyl (C=O) groups excluding carboxylic acids is 1. The summed E-state index contributed by atoms with van der Waals surface area (Å²) in [5, 5.41) is 21.5. The first-order valence-corrected chi connectivity index (χ1v) is 8.66. The van der Waals surface area contributed by atoms with Gasteiger partial charge >= 0.3 is 5.97 Å². The SMILES string of the molecule is CC(C)(C)OC(=O)CC1(O)CCN(c2ccc([N+](=O)[O-])cc2C(F)F)CC1. The van der Waals surface area contributed by atoms with Crippen molar-refractivity contribution in [1.29, 1.82) is 0 Å². The average Bonchev–Trinajstić information content (AvgIpc) is 2.52. The van der Waals surface area contributed by atoms with Gasteiger partial charge in [0.15, 0.2) is 0 Å². The summed E-state index contributed by atoms with van der Waals surface area (Å²) in [5.74, 6) is -0.512. The van der Waals surface area contributed by atoms with Gasteiger partial charge in [-0.15, -0.1) is 0 Å². The van der Waals surface area contributed by atoms with Gasteiger partial charge < -0.3 is 14.7 Å². The van der Waals surface area contributed by atoms with Crippen LogP contribution >= 0.6 is 0 Å². The monoisotopic (exact) mass is 386 g/mol. The van der Waals surface area contributed by atoms with E-state index in [4.69, 9.17) is 4.74 Å². The standard InChI is InChI=1S/C18H24F2N2O5/c1-17(2,3)27-15(23)11-18(24)6-8-21(9-7-18)14-5-4-12(22(25)26)10-13(14)16(19)20/h4-5,10,16,24H,6-9,11H2,1-3H3. The number of non-ortho nitro benzene ring substituents is 1. The first-order valence-electron chi connectivity index (χ1n) is 8.66. The highest BCUT2D eigenvalue weighted by Gasteiger charge is 2.37. The van der Waals surface area contributed by atoms with Gasteiger partial charge in [-0.1, -0.05) is 0 Å². The number of esters is 1. The fraction of sp³-hybridized carbons (Fsp3) is 0.611. The molecular weight excluding hydrogens is 362 g/mol. The van der Waals surface area contributed by atoms with Crippen molar-refractivity contribution in [1.82, 2.24) is 0 Å². The molecular formula is C18H24F2N2O5. The van der Waals surface area contributed by atoms with Crippen molar-refractivity contribution >= 4 is 17.3 Å². The van der Waals surface area contributed by atoms with E-state index in [1.807, 2.05) is 0 Å². The number of ether oxygens (including phenoxy) is 1. The van der Waals surface area contributed by atoms with Crippen LogP contribution in [0.1, 0.15) is 52.0 Å². The zero-order valence-corrected chi connectivity index (χ0v) is 15.6. The molecule has 1 fully saturated rings. The average molecular weight is 386 g/mol. The van der Waals surface area contributed by atoms with Crippen LogP contribution in [0.15, 0.2) is 18.2 Å². The number of nitro benzene ring substituents is 1. The predicted molar refractivity (Wildman–Crippen MR) is 94.9 cm³/mol. The number of carbonyl (C=O) groups is 1. The Labute approximate surface area is 156 Å². The zero-order chi connectivity index (χ0) is 20.4. The fourth-order valence-electron chi connectivity index (χ4n) is 3.11. The maximum Gasteiger partial charge on any atom is 0.309 e. The molecule has 7 nitrogen and oxygen atoms in total. The van der Waals surface area contributed by atoms with Crippen molar-refractivity contribution in [3.63, 3.8) is 0 Å². The van der Waals surface area contributed by atoms with Crippen LogP contribution in [0.2, 0.25) is 0 Å². The maximum atomic E-state index is 13.3. The van der Waals surface area contributed by atoms with E-state index in [0.29, 0.717) is 0 Å². The third-order valence-electron chi connectivity index (χ3n) is 4.39. The molecule has 1 heterocycles. The number of aliphatic hydroxyl groups is 1. The Kier molecular flexibility index (Phi) is 6.04. The minimum atomic E-state index is -2.86. The van der Waals surface area contributed by atoms with Gasteiger partial charge in [0.1, 0.15) is 5.60 Å². The molecule has 0 spiro atoms. The molecule has 1 aromatic rings. The van der Waals surface area contributed by atoms with Crippen molar-refractivity contribution in [2.45, 2.75) is 57.7 Å². The molecule has 1 aliphatic rings. The first-order chi connectivity index (χ1) is 12.4. The van der Waals surface area contributed by atoms with Gasteiger partial charge in [0, 0.05) is 36.5 Å². The number of benzene rings is 1. The number of nitro groups is 1. The minimum Gasteiger partial charge on any atom is -0.460 e. The highest BCUT2D eigenvalue weighted by Crippen LogP contribution is 2.36. The largest absolute Gasteiger partial charge is 0.460 e. The van der Waals surface area contributed by atoms with Crippen LogP contribution < -0.4 is 4.90 Å². The number of nitrogens with zero attached hydrogens (tertiary/aromatic N) is 2. The van der Waals surface area contributed by atoms with Crippen LogP contribution in [0, 0.1) is 10.1 Å². The molecule has 27 heavy (non-hydrogen) atoms. The molecule has 0 aromatic heterocycles. The van der Waals surface area contributed by atoms with Gasteiger partial charge in [-0.2, -0.15) is 0 Å². The van der Waals surface area contributed by atoms with Crippen molar-refractivity contribution in [3.05, 3.63) is 33.9 Å². The predicted octanol–water partition coefficient (Wildman–Crippen LogP) is 3.60. The van der Waals surface area contributed by atoms with Crippen LogP contribution in [0.4, 0.5) is 20.2 Å². The summed E-state index contributed by atoms with van der Waals surface area (Å²) in [4.78, 5) is 23.7. The van der Waals surface area contributed by atoms with Crippen molar-refractivity contribution < 1.29 is 28.3 Å². The Morgan fingerprint density at radius 1 is 1.37 bits per heavy atom. The molecule has 1 N–H and O–H groups in total. The number of anilines is 1. The van der Waals surface area contributed by atoms with Gasteiger partial charge in [-0.05, 0) is 39.7 Å². The third-order valence-corrected chi connectivity index (χ3v) is 4.39. The van der Waals surface area contributed by atoms with E-state index in [9.17, 15) is 28.8 Å². The van der Waals surface area contributed by atoms with E-state index in [1.165, 1.54) is 12.1 Å². The molecule has 0 radical (unpaired) electrons. The summed E-state index contributed by atoms with van der Waals surface area (Å²) in [6, 6.07) is 3.36. The van der Waals surface area contributed by atoms with Crippen LogP contribution in [0.5, 0.6) is 0 Å². The van der Waals surface area contributed by atoms with Gasteiger partial charge in [-0.3, -0.25) is 14.9 Å².